The van der Waals surface area contributed by atoms with Crippen LogP contribution in [0.2, 0.25) is 5.02 Å². The van der Waals surface area contributed by atoms with E-state index in [4.69, 9.17) is 16.3 Å². The number of thioether (sulfide) groups is 1. The Morgan fingerprint density at radius 1 is 1.29 bits per heavy atom. The number of rotatable bonds is 4. The molecule has 4 rings (SSSR count). The van der Waals surface area contributed by atoms with Gasteiger partial charge in [-0.05, 0) is 37.3 Å². The smallest absolute Gasteiger partial charge is 0.260 e. The first-order chi connectivity index (χ1) is 13.5. The van der Waals surface area contributed by atoms with Crippen molar-refractivity contribution in [3.05, 3.63) is 63.6 Å². The van der Waals surface area contributed by atoms with E-state index in [1.807, 2.05) is 25.3 Å². The van der Waals surface area contributed by atoms with Gasteiger partial charge < -0.3 is 19.9 Å². The molecule has 144 valence electrons. The molecule has 1 aliphatic heterocycles. The van der Waals surface area contributed by atoms with Crippen LogP contribution in [0, 0.1) is 6.92 Å². The van der Waals surface area contributed by atoms with E-state index >= 15 is 0 Å². The number of fused-ring (bicyclic) bond motifs is 1. The number of nitrogens with zero attached hydrogens (tertiary/aromatic N) is 1. The van der Waals surface area contributed by atoms with Crippen molar-refractivity contribution in [3.8, 4) is 5.75 Å². The molecule has 3 aromatic rings. The first-order valence-electron chi connectivity index (χ1n) is 8.81. The van der Waals surface area contributed by atoms with Gasteiger partial charge in [0, 0.05) is 34.2 Å². The summed E-state index contributed by atoms with van der Waals surface area (Å²) in [4.78, 5) is 13.2. The van der Waals surface area contributed by atoms with E-state index in [0.29, 0.717) is 15.7 Å². The molecule has 0 bridgehead atoms. The summed E-state index contributed by atoms with van der Waals surface area (Å²) in [5.74, 6) is 0.567. The summed E-state index contributed by atoms with van der Waals surface area (Å²) in [5.41, 5.74) is 3.76. The second-order valence-electron chi connectivity index (χ2n) is 6.54. The number of hydrogen-bond donors (Lipinski definition) is 2. The average molecular weight is 414 g/mol. The number of anilines is 1. The summed E-state index contributed by atoms with van der Waals surface area (Å²) in [6.07, 6.45) is 1.97. The third kappa shape index (κ3) is 3.34. The molecule has 1 atom stereocenters. The van der Waals surface area contributed by atoms with E-state index in [-0.39, 0.29) is 11.4 Å². The van der Waals surface area contributed by atoms with Crippen molar-refractivity contribution in [2.24, 2.45) is 7.05 Å². The van der Waals surface area contributed by atoms with Gasteiger partial charge in [0.1, 0.15) is 5.75 Å². The normalized spacial score (nSPS) is 17.9. The molecule has 1 aliphatic rings. The number of methoxy groups -OCH3 is 1. The minimum atomic E-state index is -0.304. The fraction of sp³-hybridized carbons (Fsp3) is 0.190. The predicted molar refractivity (Wildman–Crippen MR) is 117 cm³/mol. The summed E-state index contributed by atoms with van der Waals surface area (Å²) in [7, 11) is 3.64. The number of ether oxygens (including phenoxy) is 1. The number of aromatic nitrogens is 1. The molecule has 0 saturated carbocycles. The van der Waals surface area contributed by atoms with Crippen molar-refractivity contribution in [2.75, 3.05) is 12.4 Å². The molecule has 1 aromatic heterocycles. The van der Waals surface area contributed by atoms with Crippen LogP contribution in [0.3, 0.4) is 0 Å². The second-order valence-corrected chi connectivity index (χ2v) is 8.13. The monoisotopic (exact) mass is 413 g/mol. The molecule has 1 unspecified atom stereocenters. The number of carbonyl (C=O) groups is 1. The lowest BCUT2D eigenvalue weighted by Crippen LogP contribution is -2.31. The average Bonchev–Trinajstić information content (AvgIpc) is 3.14. The summed E-state index contributed by atoms with van der Waals surface area (Å²) < 4.78 is 7.51. The number of aryl methyl sites for hydroxylation is 1. The van der Waals surface area contributed by atoms with Gasteiger partial charge >= 0.3 is 0 Å². The molecular weight excluding hydrogens is 394 g/mol. The van der Waals surface area contributed by atoms with Crippen LogP contribution >= 0.6 is 23.4 Å². The van der Waals surface area contributed by atoms with E-state index < -0.39 is 0 Å². The molecule has 2 N–H and O–H groups in total. The SMILES string of the molecule is COc1ccc(Cl)cc1NC1NC(=O)/C(=C/c2c(C)n(C)c3ccccc23)S1. The van der Waals surface area contributed by atoms with Crippen LogP contribution in [-0.2, 0) is 11.8 Å². The van der Waals surface area contributed by atoms with Crippen LogP contribution in [-0.4, -0.2) is 23.1 Å². The molecule has 1 amide bonds. The van der Waals surface area contributed by atoms with Gasteiger partial charge in [-0.3, -0.25) is 4.79 Å². The molecule has 1 saturated heterocycles. The van der Waals surface area contributed by atoms with Gasteiger partial charge in [0.2, 0.25) is 0 Å². The Balaban J connectivity index is 1.63. The highest BCUT2D eigenvalue weighted by Crippen LogP contribution is 2.36. The van der Waals surface area contributed by atoms with Gasteiger partial charge in [-0.1, -0.05) is 41.6 Å². The lowest BCUT2D eigenvalue weighted by molar-refractivity contribution is -0.116. The first kappa shape index (κ1) is 18.8. The summed E-state index contributed by atoms with van der Waals surface area (Å²) in [6.45, 7) is 2.07. The Bertz CT molecular complexity index is 1110. The number of para-hydroxylation sites is 1. The Labute approximate surface area is 172 Å². The fourth-order valence-electron chi connectivity index (χ4n) is 3.36. The predicted octanol–water partition coefficient (Wildman–Crippen LogP) is 4.75. The van der Waals surface area contributed by atoms with Crippen molar-refractivity contribution in [2.45, 2.75) is 12.4 Å². The zero-order valence-corrected chi connectivity index (χ0v) is 17.3. The molecule has 5 nitrogen and oxygen atoms in total. The van der Waals surface area contributed by atoms with Crippen LogP contribution in [0.4, 0.5) is 5.69 Å². The Hall–Kier alpha value is -2.57. The highest BCUT2D eigenvalue weighted by molar-refractivity contribution is 8.05. The lowest BCUT2D eigenvalue weighted by atomic mass is 10.1. The van der Waals surface area contributed by atoms with Crippen molar-refractivity contribution < 1.29 is 9.53 Å². The summed E-state index contributed by atoms with van der Waals surface area (Å²) in [6, 6.07) is 13.5. The molecule has 7 heteroatoms. The van der Waals surface area contributed by atoms with Crippen molar-refractivity contribution in [1.29, 1.82) is 0 Å². The van der Waals surface area contributed by atoms with Gasteiger partial charge in [0.05, 0.1) is 17.7 Å². The standard InChI is InChI=1S/C21H20ClN3O2S/c1-12-15(14-6-4-5-7-17(14)25(12)2)11-19-20(26)24-21(28-19)23-16-10-13(22)8-9-18(16)27-3/h4-11,21,23H,1-3H3,(H,24,26)/b19-11-. The van der Waals surface area contributed by atoms with Gasteiger partial charge in [0.15, 0.2) is 5.50 Å². The lowest BCUT2D eigenvalue weighted by Gasteiger charge is -2.15. The maximum absolute atomic E-state index is 12.6. The van der Waals surface area contributed by atoms with Gasteiger partial charge in [0.25, 0.3) is 5.91 Å². The van der Waals surface area contributed by atoms with Crippen LogP contribution < -0.4 is 15.4 Å². The second kappa shape index (κ2) is 7.45. The Morgan fingerprint density at radius 2 is 2.07 bits per heavy atom. The van der Waals surface area contributed by atoms with Gasteiger partial charge in [-0.15, -0.1) is 0 Å². The zero-order valence-electron chi connectivity index (χ0n) is 15.7. The molecule has 2 aromatic carbocycles. The molecule has 0 spiro atoms. The van der Waals surface area contributed by atoms with E-state index in [1.165, 1.54) is 11.8 Å². The molecule has 2 heterocycles. The van der Waals surface area contributed by atoms with E-state index in [9.17, 15) is 4.79 Å². The van der Waals surface area contributed by atoms with Crippen molar-refractivity contribution >= 4 is 51.9 Å². The Kier molecular flexibility index (Phi) is 5.00. The third-order valence-corrected chi connectivity index (χ3v) is 6.17. The minimum absolute atomic E-state index is 0.101. The number of hydrogen-bond acceptors (Lipinski definition) is 4. The number of halogens is 1. The van der Waals surface area contributed by atoms with E-state index in [2.05, 4.69) is 34.3 Å². The largest absolute Gasteiger partial charge is 0.495 e. The number of carbonyl (C=O) groups excluding carboxylic acids is 1. The summed E-state index contributed by atoms with van der Waals surface area (Å²) >= 11 is 7.54. The molecule has 28 heavy (non-hydrogen) atoms. The minimum Gasteiger partial charge on any atom is -0.495 e. The maximum atomic E-state index is 12.6. The molecule has 1 fully saturated rings. The molecular formula is C21H20ClN3O2S. The first-order valence-corrected chi connectivity index (χ1v) is 10.1. The van der Waals surface area contributed by atoms with Crippen LogP contribution in [0.1, 0.15) is 11.3 Å². The quantitative estimate of drug-likeness (QED) is 0.606. The topological polar surface area (TPSA) is 55.3 Å². The number of amides is 1. The molecule has 0 radical (unpaired) electrons. The van der Waals surface area contributed by atoms with Crippen LogP contribution in [0.5, 0.6) is 5.75 Å². The highest BCUT2D eigenvalue weighted by Gasteiger charge is 2.28. The van der Waals surface area contributed by atoms with Crippen LogP contribution in [0.25, 0.3) is 17.0 Å². The maximum Gasteiger partial charge on any atom is 0.260 e. The van der Waals surface area contributed by atoms with Crippen molar-refractivity contribution in [3.63, 3.8) is 0 Å². The van der Waals surface area contributed by atoms with Crippen LogP contribution in [0.15, 0.2) is 47.4 Å². The molecule has 0 aliphatic carbocycles. The van der Waals surface area contributed by atoms with Crippen molar-refractivity contribution in [1.82, 2.24) is 9.88 Å². The highest BCUT2D eigenvalue weighted by atomic mass is 35.5. The fourth-order valence-corrected chi connectivity index (χ4v) is 4.49. The van der Waals surface area contributed by atoms with Gasteiger partial charge in [-0.2, -0.15) is 0 Å². The van der Waals surface area contributed by atoms with E-state index in [1.54, 1.807) is 25.3 Å². The number of nitrogens with one attached hydrogen (secondary N) is 2. The summed E-state index contributed by atoms with van der Waals surface area (Å²) in [5, 5.41) is 7.97. The third-order valence-electron chi connectivity index (χ3n) is 4.90. The number of benzene rings is 2. The van der Waals surface area contributed by atoms with Gasteiger partial charge in [-0.25, -0.2) is 0 Å². The van der Waals surface area contributed by atoms with E-state index in [0.717, 1.165) is 27.8 Å². The Morgan fingerprint density at radius 3 is 2.86 bits per heavy atom. The zero-order chi connectivity index (χ0) is 19.8.